The number of aromatic nitrogens is 2. The number of nitrogens with zero attached hydrogens (tertiary/aromatic N) is 2. The normalized spacial score (nSPS) is 9.57. The van der Waals surface area contributed by atoms with Crippen molar-refractivity contribution in [2.45, 2.75) is 34.2 Å². The minimum Gasteiger partial charge on any atom is -0.388 e. The molecule has 6 nitrogen and oxygen atoms in total. The van der Waals surface area contributed by atoms with Crippen LogP contribution in [-0.4, -0.2) is 55.6 Å². The molecular weight excluding hydrogens is 350 g/mol. The third-order valence-electron chi connectivity index (χ3n) is 3.74. The van der Waals surface area contributed by atoms with Crippen LogP contribution < -0.4 is 10.6 Å². The number of allylic oxidation sites excluding steroid dienone is 2. The number of hydrogen-bond acceptors (Lipinski definition) is 5. The average Bonchev–Trinajstić information content (AvgIpc) is 3.16. The lowest BCUT2D eigenvalue weighted by atomic mass is 10.1. The zero-order valence-corrected chi connectivity index (χ0v) is 18.5. The smallest absolute Gasteiger partial charge is 0.142 e. The molecule has 1 heterocycles. The van der Waals surface area contributed by atoms with Gasteiger partial charge in [0.25, 0.3) is 0 Å². The van der Waals surface area contributed by atoms with E-state index < -0.39 is 0 Å². The Balaban J connectivity index is 0.000000780. The number of carbonyl (C=O) groups excluding carboxylic acids is 1. The molecule has 0 aliphatic rings. The highest BCUT2D eigenvalue weighted by Crippen LogP contribution is 2.24. The molecule has 2 aromatic rings. The summed E-state index contributed by atoms with van der Waals surface area (Å²) in [7, 11) is 6.02. The summed E-state index contributed by atoms with van der Waals surface area (Å²) in [6, 6.07) is 8.34. The van der Waals surface area contributed by atoms with Gasteiger partial charge in [-0.1, -0.05) is 31.6 Å². The zero-order chi connectivity index (χ0) is 21.4. The lowest BCUT2D eigenvalue weighted by molar-refractivity contribution is -0.104. The van der Waals surface area contributed by atoms with Gasteiger partial charge in [0.05, 0.1) is 11.9 Å². The fourth-order valence-electron chi connectivity index (χ4n) is 2.32. The number of aromatic amines is 1. The van der Waals surface area contributed by atoms with Gasteiger partial charge in [0.15, 0.2) is 0 Å². The van der Waals surface area contributed by atoms with E-state index in [1.54, 1.807) is 0 Å². The van der Waals surface area contributed by atoms with E-state index in [9.17, 15) is 4.79 Å². The highest BCUT2D eigenvalue weighted by atomic mass is 16.1. The van der Waals surface area contributed by atoms with Crippen molar-refractivity contribution in [2.75, 3.05) is 39.5 Å². The Hall–Kier alpha value is -2.44. The van der Waals surface area contributed by atoms with Crippen LogP contribution >= 0.6 is 0 Å². The predicted molar refractivity (Wildman–Crippen MR) is 121 cm³/mol. The Bertz CT molecular complexity index is 690. The maximum Gasteiger partial charge on any atom is 0.142 e. The molecule has 1 aromatic carbocycles. The van der Waals surface area contributed by atoms with Gasteiger partial charge in [-0.15, -0.1) is 0 Å². The molecular formula is C22H37N5O. The molecule has 0 saturated heterocycles. The highest BCUT2D eigenvalue weighted by molar-refractivity contribution is 5.67. The Morgan fingerprint density at radius 2 is 1.96 bits per heavy atom. The average molecular weight is 388 g/mol. The Morgan fingerprint density at radius 1 is 1.25 bits per heavy atom. The van der Waals surface area contributed by atoms with Crippen molar-refractivity contribution in [3.8, 4) is 11.3 Å². The quantitative estimate of drug-likeness (QED) is 0.472. The second kappa shape index (κ2) is 15.6. The van der Waals surface area contributed by atoms with Gasteiger partial charge in [-0.2, -0.15) is 5.10 Å². The molecule has 1 aromatic heterocycles. The molecule has 0 bridgehead atoms. The van der Waals surface area contributed by atoms with Crippen molar-refractivity contribution in [3.63, 3.8) is 0 Å². The fraction of sp³-hybridized carbons (Fsp3) is 0.455. The largest absolute Gasteiger partial charge is 0.388 e. The van der Waals surface area contributed by atoms with Gasteiger partial charge in [-0.05, 0) is 46.2 Å². The number of anilines is 1. The number of carbonyl (C=O) groups is 1. The summed E-state index contributed by atoms with van der Waals surface area (Å²) in [5, 5.41) is 13.6. The lowest BCUT2D eigenvalue weighted by Gasteiger charge is -2.16. The highest BCUT2D eigenvalue weighted by Gasteiger charge is 2.10. The second-order valence-corrected chi connectivity index (χ2v) is 6.32. The number of aldehydes is 1. The first kappa shape index (κ1) is 25.6. The van der Waals surface area contributed by atoms with E-state index >= 15 is 0 Å². The number of rotatable bonds is 8. The summed E-state index contributed by atoms with van der Waals surface area (Å²) < 4.78 is 0. The van der Waals surface area contributed by atoms with Crippen LogP contribution in [0.4, 0.5) is 5.69 Å². The maximum atomic E-state index is 9.54. The number of H-pyrrole nitrogens is 1. The van der Waals surface area contributed by atoms with Crippen LogP contribution in [0.3, 0.4) is 0 Å². The molecule has 0 fully saturated rings. The number of hydrogen-bond donors (Lipinski definition) is 3. The van der Waals surface area contributed by atoms with E-state index in [0.29, 0.717) is 0 Å². The van der Waals surface area contributed by atoms with Crippen molar-refractivity contribution in [3.05, 3.63) is 47.7 Å². The van der Waals surface area contributed by atoms with Gasteiger partial charge in [0.2, 0.25) is 0 Å². The topological polar surface area (TPSA) is 73.0 Å². The van der Waals surface area contributed by atoms with Crippen LogP contribution in [0.15, 0.2) is 42.1 Å². The molecule has 3 N–H and O–H groups in total. The van der Waals surface area contributed by atoms with Crippen LogP contribution in [0, 0.1) is 0 Å². The number of nitrogens with one attached hydrogen (secondary N) is 3. The van der Waals surface area contributed by atoms with Gasteiger partial charge >= 0.3 is 0 Å². The third kappa shape index (κ3) is 10.0. The molecule has 0 unspecified atom stereocenters. The maximum absolute atomic E-state index is 9.54. The van der Waals surface area contributed by atoms with E-state index in [4.69, 9.17) is 0 Å². The van der Waals surface area contributed by atoms with Crippen molar-refractivity contribution in [1.82, 2.24) is 20.4 Å². The molecule has 6 heteroatoms. The minimum atomic E-state index is 0.787. The van der Waals surface area contributed by atoms with Gasteiger partial charge < -0.3 is 15.5 Å². The Kier molecular flexibility index (Phi) is 14.2. The summed E-state index contributed by atoms with van der Waals surface area (Å²) in [5.41, 5.74) is 5.62. The molecule has 2 rings (SSSR count). The monoisotopic (exact) mass is 387 g/mol. The van der Waals surface area contributed by atoms with Crippen molar-refractivity contribution >= 4 is 12.0 Å². The van der Waals surface area contributed by atoms with E-state index in [-0.39, 0.29) is 0 Å². The summed E-state index contributed by atoms with van der Waals surface area (Å²) in [6.07, 6.45) is 4.23. The van der Waals surface area contributed by atoms with Gasteiger partial charge in [-0.3, -0.25) is 9.89 Å². The van der Waals surface area contributed by atoms with Crippen LogP contribution in [0.25, 0.3) is 11.3 Å². The molecule has 28 heavy (non-hydrogen) atoms. The zero-order valence-electron chi connectivity index (χ0n) is 18.5. The van der Waals surface area contributed by atoms with Gasteiger partial charge in [0, 0.05) is 43.5 Å². The van der Waals surface area contributed by atoms with Crippen LogP contribution in [0.1, 0.15) is 33.3 Å². The third-order valence-corrected chi connectivity index (χ3v) is 3.74. The molecule has 0 saturated carbocycles. The van der Waals surface area contributed by atoms with Crippen molar-refractivity contribution in [1.29, 1.82) is 0 Å². The first-order valence-corrected chi connectivity index (χ1v) is 9.74. The Morgan fingerprint density at radius 3 is 2.50 bits per heavy atom. The molecule has 0 aliphatic heterocycles. The predicted octanol–water partition coefficient (Wildman–Crippen LogP) is 3.95. The fourth-order valence-corrected chi connectivity index (χ4v) is 2.32. The lowest BCUT2D eigenvalue weighted by Crippen LogP contribution is -2.26. The molecule has 0 amide bonds. The molecule has 0 atom stereocenters. The SMILES string of the molecule is CC.CC(C)=CC=O.CNCCN(C)Cc1cn[nH]c1-c1cccc(NC)c1. The second-order valence-electron chi connectivity index (χ2n) is 6.32. The molecule has 0 radical (unpaired) electrons. The van der Waals surface area contributed by atoms with Gasteiger partial charge in [0.1, 0.15) is 6.29 Å². The van der Waals surface area contributed by atoms with E-state index in [1.165, 1.54) is 11.6 Å². The summed E-state index contributed by atoms with van der Waals surface area (Å²) in [6.45, 7) is 10.6. The van der Waals surface area contributed by atoms with E-state index in [2.05, 4.69) is 57.0 Å². The van der Waals surface area contributed by atoms with Crippen molar-refractivity contribution in [2.24, 2.45) is 0 Å². The summed E-state index contributed by atoms with van der Waals surface area (Å²) in [5.74, 6) is 0. The van der Waals surface area contributed by atoms with E-state index in [1.807, 2.05) is 48.0 Å². The standard InChI is InChI=1S/C15H23N5.C5H8O.C2H6/c1-16-7-8-20(3)11-13-10-18-19-15(13)12-5-4-6-14(9-12)17-2;1-5(2)3-4-6;1-2/h4-6,9-10,16-17H,7-8,11H2,1-3H3,(H,18,19);3-4H,1-2H3;1-2H3. The van der Waals surface area contributed by atoms with Crippen molar-refractivity contribution < 1.29 is 4.79 Å². The summed E-state index contributed by atoms with van der Waals surface area (Å²) in [4.78, 5) is 11.8. The van der Waals surface area contributed by atoms with Crippen LogP contribution in [0.5, 0.6) is 0 Å². The first-order valence-electron chi connectivity index (χ1n) is 9.74. The Labute approximate surface area is 170 Å². The van der Waals surface area contributed by atoms with Gasteiger partial charge in [-0.25, -0.2) is 0 Å². The van der Waals surface area contributed by atoms with Crippen LogP contribution in [-0.2, 0) is 11.3 Å². The first-order chi connectivity index (χ1) is 13.5. The van der Waals surface area contributed by atoms with E-state index in [0.717, 1.165) is 48.4 Å². The number of likely N-dealkylation sites (N-methyl/N-ethyl adjacent to an activating group) is 2. The molecule has 0 spiro atoms. The molecule has 156 valence electrons. The number of benzene rings is 1. The summed E-state index contributed by atoms with van der Waals surface area (Å²) >= 11 is 0. The van der Waals surface area contributed by atoms with Crippen LogP contribution in [0.2, 0.25) is 0 Å². The minimum absolute atomic E-state index is 0.787. The molecule has 0 aliphatic carbocycles.